The molecule has 0 spiro atoms. The van der Waals surface area contributed by atoms with E-state index in [9.17, 15) is 14.0 Å². The van der Waals surface area contributed by atoms with Crippen molar-refractivity contribution in [3.8, 4) is 0 Å². The molecule has 2 aromatic rings. The van der Waals surface area contributed by atoms with Gasteiger partial charge in [0.15, 0.2) is 0 Å². The number of nitrogens with one attached hydrogen (secondary N) is 1. The second-order valence-corrected chi connectivity index (χ2v) is 5.35. The van der Waals surface area contributed by atoms with E-state index in [2.05, 4.69) is 26.0 Å². The van der Waals surface area contributed by atoms with Gasteiger partial charge in [0.05, 0.1) is 7.11 Å². The van der Waals surface area contributed by atoms with Crippen molar-refractivity contribution in [3.63, 3.8) is 0 Å². The van der Waals surface area contributed by atoms with Gasteiger partial charge in [0, 0.05) is 10.2 Å². The van der Waals surface area contributed by atoms with Crippen molar-refractivity contribution in [2.24, 2.45) is 0 Å². The van der Waals surface area contributed by atoms with E-state index >= 15 is 0 Å². The molecule has 0 bridgehead atoms. The van der Waals surface area contributed by atoms with E-state index in [0.717, 1.165) is 18.7 Å². The Morgan fingerprint density at radius 1 is 1.22 bits per heavy atom. The summed E-state index contributed by atoms with van der Waals surface area (Å²) >= 11 is 3.07. The largest absolute Gasteiger partial charge is 0.465 e. The second-order valence-electron chi connectivity index (χ2n) is 4.49. The lowest BCUT2D eigenvalue weighted by atomic mass is 10.2. The maximum atomic E-state index is 13.9. The van der Waals surface area contributed by atoms with Crippen LogP contribution in [0.2, 0.25) is 0 Å². The van der Waals surface area contributed by atoms with Crippen LogP contribution in [0.1, 0.15) is 15.9 Å². The highest BCUT2D eigenvalue weighted by atomic mass is 79.9. The summed E-state index contributed by atoms with van der Waals surface area (Å²) in [5.41, 5.74) is 0.742. The molecule has 23 heavy (non-hydrogen) atoms. The van der Waals surface area contributed by atoms with Crippen LogP contribution >= 0.6 is 15.9 Å². The molecule has 0 saturated carbocycles. The lowest BCUT2D eigenvalue weighted by Crippen LogP contribution is -2.14. The molecule has 0 saturated heterocycles. The zero-order chi connectivity index (χ0) is 16.8. The number of hydrogen-bond donors (Lipinski definition) is 1. The lowest BCUT2D eigenvalue weighted by molar-refractivity contribution is 0.0594. The maximum absolute atomic E-state index is 13.9. The molecule has 0 fully saturated rings. The molecule has 0 radical (unpaired) electrons. The van der Waals surface area contributed by atoms with E-state index in [-0.39, 0.29) is 22.3 Å². The van der Waals surface area contributed by atoms with E-state index in [4.69, 9.17) is 4.74 Å². The van der Waals surface area contributed by atoms with Crippen molar-refractivity contribution in [2.45, 2.75) is 6.61 Å². The molecule has 120 valence electrons. The molecule has 0 aliphatic rings. The second kappa shape index (κ2) is 7.73. The summed E-state index contributed by atoms with van der Waals surface area (Å²) in [6.07, 6.45) is -0.731. The van der Waals surface area contributed by atoms with Crippen LogP contribution in [0.5, 0.6) is 0 Å². The third kappa shape index (κ3) is 4.53. The van der Waals surface area contributed by atoms with Gasteiger partial charge in [0.2, 0.25) is 0 Å². The molecule has 0 unspecified atom stereocenters. The number of carbonyl (C=O) groups excluding carboxylic acids is 2. The third-order valence-corrected chi connectivity index (χ3v) is 3.52. The van der Waals surface area contributed by atoms with E-state index in [1.165, 1.54) is 6.07 Å². The molecule has 2 aromatic carbocycles. The molecular formula is C16H13BrFNO4. The van der Waals surface area contributed by atoms with Gasteiger partial charge in [-0.3, -0.25) is 5.32 Å². The first kappa shape index (κ1) is 17.0. The first-order valence-corrected chi connectivity index (χ1v) is 7.35. The van der Waals surface area contributed by atoms with Crippen LogP contribution in [-0.4, -0.2) is 19.2 Å². The van der Waals surface area contributed by atoms with Gasteiger partial charge >= 0.3 is 12.1 Å². The number of rotatable bonds is 4. The van der Waals surface area contributed by atoms with E-state index in [0.29, 0.717) is 0 Å². The summed E-state index contributed by atoms with van der Waals surface area (Å²) in [5, 5.41) is 2.39. The Hall–Kier alpha value is -2.41. The predicted molar refractivity (Wildman–Crippen MR) is 85.7 cm³/mol. The Balaban J connectivity index is 2.02. The number of anilines is 1. The Morgan fingerprint density at radius 3 is 2.52 bits per heavy atom. The van der Waals surface area contributed by atoms with Crippen molar-refractivity contribution >= 4 is 33.7 Å². The smallest absolute Gasteiger partial charge is 0.411 e. The SMILES string of the molecule is COC(=O)c1c(F)cc(NC(=O)OCc2ccccc2)cc1Br. The van der Waals surface area contributed by atoms with Crippen LogP contribution in [0, 0.1) is 5.82 Å². The minimum atomic E-state index is -0.815. The van der Waals surface area contributed by atoms with Gasteiger partial charge in [-0.15, -0.1) is 0 Å². The number of hydrogen-bond acceptors (Lipinski definition) is 4. The molecule has 0 aliphatic carbocycles. The number of benzene rings is 2. The number of amides is 1. The Labute approximate surface area is 140 Å². The summed E-state index contributed by atoms with van der Waals surface area (Å²) in [5.74, 6) is -1.63. The maximum Gasteiger partial charge on any atom is 0.411 e. The predicted octanol–water partition coefficient (Wildman–Crippen LogP) is 4.12. The number of carbonyl (C=O) groups is 2. The molecule has 5 nitrogen and oxygen atoms in total. The first-order valence-electron chi connectivity index (χ1n) is 6.56. The average Bonchev–Trinajstić information content (AvgIpc) is 2.53. The highest BCUT2D eigenvalue weighted by Crippen LogP contribution is 2.25. The van der Waals surface area contributed by atoms with Crippen LogP contribution in [0.3, 0.4) is 0 Å². The average molecular weight is 382 g/mol. The fourth-order valence-corrected chi connectivity index (χ4v) is 2.42. The van der Waals surface area contributed by atoms with Gasteiger partial charge in [-0.05, 0) is 33.6 Å². The summed E-state index contributed by atoms with van der Waals surface area (Å²) in [6, 6.07) is 11.5. The minimum Gasteiger partial charge on any atom is -0.465 e. The molecule has 0 aromatic heterocycles. The summed E-state index contributed by atoms with van der Waals surface area (Å²) in [4.78, 5) is 23.2. The fraction of sp³-hybridized carbons (Fsp3) is 0.125. The molecule has 2 rings (SSSR count). The van der Waals surface area contributed by atoms with E-state index in [1.54, 1.807) is 0 Å². The third-order valence-electron chi connectivity index (χ3n) is 2.89. The Bertz CT molecular complexity index is 698. The number of esters is 1. The van der Waals surface area contributed by atoms with Gasteiger partial charge < -0.3 is 9.47 Å². The summed E-state index contributed by atoms with van der Waals surface area (Å²) < 4.78 is 23.6. The molecular weight excluding hydrogens is 369 g/mol. The van der Waals surface area contributed by atoms with E-state index in [1.807, 2.05) is 30.3 Å². The van der Waals surface area contributed by atoms with Crippen LogP contribution < -0.4 is 5.32 Å². The van der Waals surface area contributed by atoms with Crippen molar-refractivity contribution in [2.75, 3.05) is 12.4 Å². The Morgan fingerprint density at radius 2 is 1.91 bits per heavy atom. The van der Waals surface area contributed by atoms with Gasteiger partial charge in [-0.25, -0.2) is 14.0 Å². The highest BCUT2D eigenvalue weighted by molar-refractivity contribution is 9.10. The van der Waals surface area contributed by atoms with Gasteiger partial charge in [-0.1, -0.05) is 30.3 Å². The van der Waals surface area contributed by atoms with Gasteiger partial charge in [0.1, 0.15) is 18.0 Å². The molecule has 1 amide bonds. The molecule has 0 atom stereocenters. The quantitative estimate of drug-likeness (QED) is 0.808. The molecule has 1 N–H and O–H groups in total. The van der Waals surface area contributed by atoms with Crippen molar-refractivity contribution in [3.05, 3.63) is 63.9 Å². The summed E-state index contributed by atoms with van der Waals surface area (Å²) in [6.45, 7) is 0.0938. The highest BCUT2D eigenvalue weighted by Gasteiger charge is 2.18. The number of ether oxygens (including phenoxy) is 2. The zero-order valence-electron chi connectivity index (χ0n) is 12.1. The molecule has 0 aliphatic heterocycles. The number of methoxy groups -OCH3 is 1. The van der Waals surface area contributed by atoms with Crippen molar-refractivity contribution < 1.29 is 23.5 Å². The number of halogens is 2. The fourth-order valence-electron chi connectivity index (χ4n) is 1.82. The normalized spacial score (nSPS) is 10.0. The lowest BCUT2D eigenvalue weighted by Gasteiger charge is -2.10. The molecule has 0 heterocycles. The van der Waals surface area contributed by atoms with Crippen molar-refractivity contribution in [1.29, 1.82) is 0 Å². The topological polar surface area (TPSA) is 64.6 Å². The van der Waals surface area contributed by atoms with Gasteiger partial charge in [-0.2, -0.15) is 0 Å². The van der Waals surface area contributed by atoms with Crippen molar-refractivity contribution in [1.82, 2.24) is 0 Å². The van der Waals surface area contributed by atoms with Crippen LogP contribution in [0.4, 0.5) is 14.9 Å². The van der Waals surface area contributed by atoms with Crippen LogP contribution in [0.15, 0.2) is 46.9 Å². The Kier molecular flexibility index (Phi) is 5.70. The minimum absolute atomic E-state index is 0.0938. The molecule has 7 heteroatoms. The monoisotopic (exact) mass is 381 g/mol. The van der Waals surface area contributed by atoms with Gasteiger partial charge in [0.25, 0.3) is 0 Å². The van der Waals surface area contributed by atoms with Crippen LogP contribution in [-0.2, 0) is 16.1 Å². The zero-order valence-corrected chi connectivity index (χ0v) is 13.7. The first-order chi connectivity index (χ1) is 11.0. The van der Waals surface area contributed by atoms with E-state index < -0.39 is 17.9 Å². The standard InChI is InChI=1S/C16H13BrFNO4/c1-22-15(20)14-12(17)7-11(8-13(14)18)19-16(21)23-9-10-5-3-2-4-6-10/h2-8H,9H2,1H3,(H,19,21). The summed E-state index contributed by atoms with van der Waals surface area (Å²) in [7, 11) is 1.15. The van der Waals surface area contributed by atoms with Crippen LogP contribution in [0.25, 0.3) is 0 Å².